The molecule has 2 atom stereocenters. The van der Waals surface area contributed by atoms with Gasteiger partial charge in [0.1, 0.15) is 4.33 Å². The van der Waals surface area contributed by atoms with Crippen molar-refractivity contribution >= 4 is 34.8 Å². The fourth-order valence-electron chi connectivity index (χ4n) is 2.26. The zero-order valence-corrected chi connectivity index (χ0v) is 13.3. The average Bonchev–Trinajstić information content (AvgIpc) is 2.96. The number of benzene rings is 1. The van der Waals surface area contributed by atoms with Gasteiger partial charge in [0, 0.05) is 18.7 Å². The van der Waals surface area contributed by atoms with Gasteiger partial charge in [-0.25, -0.2) is 0 Å². The minimum Gasteiger partial charge on any atom is -0.326 e. The van der Waals surface area contributed by atoms with E-state index >= 15 is 0 Å². The number of anilines is 1. The Balaban J connectivity index is 1.82. The predicted octanol–water partition coefficient (Wildman–Crippen LogP) is 3.88. The van der Waals surface area contributed by atoms with Crippen molar-refractivity contribution < 1.29 is 4.79 Å². The highest BCUT2D eigenvalue weighted by molar-refractivity contribution is 6.50. The summed E-state index contributed by atoms with van der Waals surface area (Å²) in [6.45, 7) is 4.50. The largest absolute Gasteiger partial charge is 0.326 e. The second kappa shape index (κ2) is 6.33. The SMILES string of the molecule is CC(=O)Nc1cccc([C@H](C)NCC[C@@H]2CC2(Cl)Cl)c1. The summed E-state index contributed by atoms with van der Waals surface area (Å²) in [4.78, 5) is 11.1. The standard InChI is InChI=1S/C15H20Cl2N2O/c1-10(18-7-6-13-9-15(13,16)17)12-4-3-5-14(8-12)19-11(2)20/h3-5,8,10,13,18H,6-7,9H2,1-2H3,(H,19,20)/t10-,13+/m0/s1. The number of hydrogen-bond acceptors (Lipinski definition) is 2. The third-order valence-corrected chi connectivity index (χ3v) is 4.53. The predicted molar refractivity (Wildman–Crippen MR) is 84.3 cm³/mol. The van der Waals surface area contributed by atoms with E-state index in [1.807, 2.05) is 24.3 Å². The molecule has 0 aliphatic heterocycles. The first-order valence-electron chi connectivity index (χ1n) is 6.87. The van der Waals surface area contributed by atoms with Gasteiger partial charge in [-0.2, -0.15) is 0 Å². The molecule has 0 heterocycles. The zero-order valence-electron chi connectivity index (χ0n) is 11.7. The Hall–Kier alpha value is -0.770. The summed E-state index contributed by atoms with van der Waals surface area (Å²) in [5.41, 5.74) is 1.97. The van der Waals surface area contributed by atoms with E-state index in [0.717, 1.165) is 30.6 Å². The minimum atomic E-state index is -0.490. The molecule has 1 aromatic rings. The Kier molecular flexibility index (Phi) is 4.95. The number of amides is 1. The van der Waals surface area contributed by atoms with Crippen LogP contribution in [0.5, 0.6) is 0 Å². The Morgan fingerprint density at radius 2 is 2.20 bits per heavy atom. The van der Waals surface area contributed by atoms with Crippen LogP contribution >= 0.6 is 23.2 Å². The van der Waals surface area contributed by atoms with Gasteiger partial charge in [-0.3, -0.25) is 4.79 Å². The molecule has 1 amide bonds. The van der Waals surface area contributed by atoms with Crippen LogP contribution in [-0.4, -0.2) is 16.8 Å². The number of carbonyl (C=O) groups is 1. The third kappa shape index (κ3) is 4.37. The number of halogens is 2. The first-order chi connectivity index (χ1) is 9.38. The van der Waals surface area contributed by atoms with Crippen molar-refractivity contribution in [3.63, 3.8) is 0 Å². The first kappa shape index (κ1) is 15.6. The molecule has 0 saturated heterocycles. The molecule has 1 saturated carbocycles. The molecule has 0 unspecified atom stereocenters. The summed E-state index contributed by atoms with van der Waals surface area (Å²) in [6, 6.07) is 8.10. The van der Waals surface area contributed by atoms with Crippen LogP contribution in [-0.2, 0) is 4.79 Å². The summed E-state index contributed by atoms with van der Waals surface area (Å²) in [7, 11) is 0. The van der Waals surface area contributed by atoms with Gasteiger partial charge >= 0.3 is 0 Å². The summed E-state index contributed by atoms with van der Waals surface area (Å²) in [5.74, 6) is 0.355. The molecule has 0 spiro atoms. The van der Waals surface area contributed by atoms with Crippen molar-refractivity contribution in [3.8, 4) is 0 Å². The molecule has 110 valence electrons. The van der Waals surface area contributed by atoms with E-state index in [4.69, 9.17) is 23.2 Å². The molecule has 2 rings (SSSR count). The second-order valence-corrected chi connectivity index (χ2v) is 6.98. The summed E-state index contributed by atoms with van der Waals surface area (Å²) in [5, 5.41) is 6.25. The fourth-order valence-corrected chi connectivity index (χ4v) is 2.85. The van der Waals surface area contributed by atoms with Gasteiger partial charge in [-0.1, -0.05) is 12.1 Å². The highest BCUT2D eigenvalue weighted by Gasteiger charge is 2.50. The molecule has 20 heavy (non-hydrogen) atoms. The Bertz CT molecular complexity index is 491. The summed E-state index contributed by atoms with van der Waals surface area (Å²) >= 11 is 12.0. The Labute approximate surface area is 130 Å². The molecule has 1 fully saturated rings. The van der Waals surface area contributed by atoms with Crippen LogP contribution in [0.3, 0.4) is 0 Å². The number of rotatable bonds is 6. The molecule has 0 aromatic heterocycles. The maximum atomic E-state index is 11.1. The molecule has 0 radical (unpaired) electrons. The fraction of sp³-hybridized carbons (Fsp3) is 0.533. The van der Waals surface area contributed by atoms with Gasteiger partial charge in [0.2, 0.25) is 5.91 Å². The van der Waals surface area contributed by atoms with Crippen molar-refractivity contribution in [1.82, 2.24) is 5.32 Å². The number of alkyl halides is 2. The lowest BCUT2D eigenvalue weighted by Gasteiger charge is -2.15. The second-order valence-electron chi connectivity index (χ2n) is 5.43. The van der Waals surface area contributed by atoms with E-state index in [1.54, 1.807) is 0 Å². The number of carbonyl (C=O) groups excluding carboxylic acids is 1. The smallest absolute Gasteiger partial charge is 0.221 e. The highest BCUT2D eigenvalue weighted by Crippen LogP contribution is 2.54. The topological polar surface area (TPSA) is 41.1 Å². The van der Waals surface area contributed by atoms with Crippen LogP contribution in [0.15, 0.2) is 24.3 Å². The molecule has 1 aliphatic rings. The molecule has 1 aliphatic carbocycles. The van der Waals surface area contributed by atoms with Crippen molar-refractivity contribution in [2.24, 2.45) is 5.92 Å². The van der Waals surface area contributed by atoms with Crippen LogP contribution in [0.25, 0.3) is 0 Å². The van der Waals surface area contributed by atoms with Crippen LogP contribution in [0.1, 0.15) is 38.3 Å². The van der Waals surface area contributed by atoms with E-state index in [0.29, 0.717) is 5.92 Å². The van der Waals surface area contributed by atoms with E-state index in [2.05, 4.69) is 17.6 Å². The van der Waals surface area contributed by atoms with Gasteiger partial charge in [0.25, 0.3) is 0 Å². The lowest BCUT2D eigenvalue weighted by molar-refractivity contribution is -0.114. The molecule has 1 aromatic carbocycles. The Morgan fingerprint density at radius 1 is 1.50 bits per heavy atom. The maximum absolute atomic E-state index is 11.1. The maximum Gasteiger partial charge on any atom is 0.221 e. The lowest BCUT2D eigenvalue weighted by Crippen LogP contribution is -2.21. The molecule has 2 N–H and O–H groups in total. The number of hydrogen-bond donors (Lipinski definition) is 2. The van der Waals surface area contributed by atoms with Gasteiger partial charge < -0.3 is 10.6 Å². The van der Waals surface area contributed by atoms with E-state index in [-0.39, 0.29) is 11.9 Å². The van der Waals surface area contributed by atoms with Gasteiger partial charge in [0.05, 0.1) is 0 Å². The summed E-state index contributed by atoms with van der Waals surface area (Å²) in [6.07, 6.45) is 1.88. The molecule has 3 nitrogen and oxygen atoms in total. The normalized spacial score (nSPS) is 21.3. The minimum absolute atomic E-state index is 0.0583. The van der Waals surface area contributed by atoms with Crippen LogP contribution < -0.4 is 10.6 Å². The number of nitrogens with one attached hydrogen (secondary N) is 2. The van der Waals surface area contributed by atoms with E-state index in [1.165, 1.54) is 6.92 Å². The highest BCUT2D eigenvalue weighted by atomic mass is 35.5. The van der Waals surface area contributed by atoms with Crippen molar-refractivity contribution in [1.29, 1.82) is 0 Å². The molecular formula is C15H20Cl2N2O. The van der Waals surface area contributed by atoms with E-state index in [9.17, 15) is 4.79 Å². The average molecular weight is 315 g/mol. The van der Waals surface area contributed by atoms with Crippen molar-refractivity contribution in [2.45, 2.75) is 37.1 Å². The van der Waals surface area contributed by atoms with Crippen molar-refractivity contribution in [3.05, 3.63) is 29.8 Å². The van der Waals surface area contributed by atoms with Crippen LogP contribution in [0.4, 0.5) is 5.69 Å². The quantitative estimate of drug-likeness (QED) is 0.782. The Morgan fingerprint density at radius 3 is 2.80 bits per heavy atom. The van der Waals surface area contributed by atoms with E-state index < -0.39 is 4.33 Å². The first-order valence-corrected chi connectivity index (χ1v) is 7.63. The molecule has 0 bridgehead atoms. The monoisotopic (exact) mass is 314 g/mol. The molecular weight excluding hydrogens is 295 g/mol. The van der Waals surface area contributed by atoms with Gasteiger partial charge in [-0.15, -0.1) is 23.2 Å². The van der Waals surface area contributed by atoms with Crippen LogP contribution in [0.2, 0.25) is 0 Å². The van der Waals surface area contributed by atoms with Crippen LogP contribution in [0, 0.1) is 5.92 Å². The molecule has 5 heteroatoms. The van der Waals surface area contributed by atoms with Gasteiger partial charge in [0.15, 0.2) is 0 Å². The summed E-state index contributed by atoms with van der Waals surface area (Å²) < 4.78 is -0.490. The third-order valence-electron chi connectivity index (χ3n) is 3.61. The van der Waals surface area contributed by atoms with Gasteiger partial charge in [-0.05, 0) is 49.9 Å². The zero-order chi connectivity index (χ0) is 14.8. The lowest BCUT2D eigenvalue weighted by atomic mass is 10.1. The van der Waals surface area contributed by atoms with Crippen molar-refractivity contribution in [2.75, 3.05) is 11.9 Å².